The van der Waals surface area contributed by atoms with Crippen LogP contribution in [0, 0.1) is 5.92 Å². The summed E-state index contributed by atoms with van der Waals surface area (Å²) in [6.07, 6.45) is 9.45. The van der Waals surface area contributed by atoms with Crippen LogP contribution in [0.15, 0.2) is 23.0 Å². The molecule has 0 aliphatic heterocycles. The minimum Gasteiger partial charge on any atom is -0.396 e. The van der Waals surface area contributed by atoms with Crippen LogP contribution in [0.3, 0.4) is 0 Å². The first-order valence-electron chi connectivity index (χ1n) is 10.2. The summed E-state index contributed by atoms with van der Waals surface area (Å²) in [6.45, 7) is 2.58. The van der Waals surface area contributed by atoms with Gasteiger partial charge in [-0.1, -0.05) is 6.92 Å². The van der Waals surface area contributed by atoms with Crippen LogP contribution < -0.4 is 4.90 Å². The Labute approximate surface area is 163 Å². The zero-order valence-electron chi connectivity index (χ0n) is 16.9. The van der Waals surface area contributed by atoms with Gasteiger partial charge in [0, 0.05) is 32.9 Å². The van der Waals surface area contributed by atoms with E-state index in [1.165, 1.54) is 37.2 Å². The van der Waals surface area contributed by atoms with Crippen LogP contribution in [0.1, 0.15) is 39.0 Å². The van der Waals surface area contributed by atoms with Gasteiger partial charge in [0.2, 0.25) is 0 Å². The average molecular weight is 394 g/mol. The number of H-pyrrole nitrogens is 1. The van der Waals surface area contributed by atoms with E-state index in [4.69, 9.17) is 4.36 Å². The maximum atomic E-state index is 9.25. The maximum absolute atomic E-state index is 9.25. The summed E-state index contributed by atoms with van der Waals surface area (Å²) >= 11 is 0. The van der Waals surface area contributed by atoms with Gasteiger partial charge < -0.3 is 15.0 Å². The van der Waals surface area contributed by atoms with Crippen molar-refractivity contribution in [2.24, 2.45) is 10.3 Å². The Kier molecular flexibility index (Phi) is 6.87. The predicted octanol–water partition coefficient (Wildman–Crippen LogP) is 3.05. The van der Waals surface area contributed by atoms with Crippen LogP contribution in [0.5, 0.6) is 0 Å². The zero-order chi connectivity index (χ0) is 19.3. The fraction of sp³-hybridized carbons (Fsp3) is 0.700. The van der Waals surface area contributed by atoms with Crippen molar-refractivity contribution in [2.75, 3.05) is 42.9 Å². The zero-order valence-corrected chi connectivity index (χ0v) is 17.8. The number of hydrogen-bond acceptors (Lipinski definition) is 5. The minimum absolute atomic E-state index is 0.293. The number of aliphatic hydroxyl groups excluding tert-OH is 1. The monoisotopic (exact) mass is 393 g/mol. The van der Waals surface area contributed by atoms with Gasteiger partial charge in [-0.15, -0.1) is 0 Å². The molecule has 0 aromatic carbocycles. The van der Waals surface area contributed by atoms with Crippen molar-refractivity contribution in [2.45, 2.75) is 45.1 Å². The summed E-state index contributed by atoms with van der Waals surface area (Å²) in [4.78, 5) is 14.4. The van der Waals surface area contributed by atoms with Crippen LogP contribution in [-0.4, -0.2) is 64.1 Å². The van der Waals surface area contributed by atoms with E-state index >= 15 is 0 Å². The number of nitrogens with zero attached hydrogens (tertiary/aromatic N) is 4. The fourth-order valence-corrected chi connectivity index (χ4v) is 8.03. The number of aromatic nitrogens is 3. The summed E-state index contributed by atoms with van der Waals surface area (Å²) in [7, 11) is 2.94. The molecule has 2 aromatic heterocycles. The van der Waals surface area contributed by atoms with E-state index in [1.807, 2.05) is 13.2 Å². The average Bonchev–Trinajstić information content (AvgIpc) is 3.20. The van der Waals surface area contributed by atoms with E-state index in [0.717, 1.165) is 34.9 Å². The lowest BCUT2D eigenvalue weighted by atomic mass is 9.86. The minimum atomic E-state index is -1.24. The van der Waals surface area contributed by atoms with Gasteiger partial charge in [-0.2, -0.15) is 9.82 Å². The molecule has 0 amide bonds. The van der Waals surface area contributed by atoms with Gasteiger partial charge in [-0.25, -0.2) is 9.97 Å². The molecule has 27 heavy (non-hydrogen) atoms. The maximum Gasteiger partial charge on any atom is 0.142 e. The molecule has 1 aliphatic carbocycles. The molecule has 152 valence electrons. The molecule has 2 heterocycles. The molecule has 2 N–H and O–H groups in total. The summed E-state index contributed by atoms with van der Waals surface area (Å²) in [5, 5.41) is 10.4. The second kappa shape index (κ2) is 9.15. The van der Waals surface area contributed by atoms with Gasteiger partial charge >= 0.3 is 0 Å². The topological polar surface area (TPSA) is 77.4 Å². The van der Waals surface area contributed by atoms with Crippen molar-refractivity contribution in [3.05, 3.63) is 18.6 Å². The molecule has 1 fully saturated rings. The second-order valence-corrected chi connectivity index (χ2v) is 11.9. The second-order valence-electron chi connectivity index (χ2n) is 7.82. The Morgan fingerprint density at radius 3 is 2.74 bits per heavy atom. The highest BCUT2D eigenvalue weighted by Crippen LogP contribution is 2.33. The third-order valence-electron chi connectivity index (χ3n) is 6.37. The van der Waals surface area contributed by atoms with Crippen molar-refractivity contribution in [3.63, 3.8) is 0 Å². The van der Waals surface area contributed by atoms with Crippen LogP contribution in [0.2, 0.25) is 0 Å². The standard InChI is InChI=1S/C20H35N5OS/c1-4-27(21-2,13-5-12-26)14-16-6-8-17(9-7-16)25(3)20-18-10-11-22-19(18)23-15-24-20/h10-11,15-17,26-27H,4-9,12-14H2,1-3H3,(H,22,23,24)/t16-,17-. The molecular formula is C20H35N5OS. The quantitative estimate of drug-likeness (QED) is 0.603. The summed E-state index contributed by atoms with van der Waals surface area (Å²) in [6, 6.07) is 2.61. The van der Waals surface area contributed by atoms with Crippen molar-refractivity contribution < 1.29 is 5.11 Å². The Balaban J connectivity index is 1.62. The van der Waals surface area contributed by atoms with Crippen molar-refractivity contribution in [3.8, 4) is 0 Å². The number of thiol groups is 1. The fourth-order valence-electron chi connectivity index (χ4n) is 4.57. The third-order valence-corrected chi connectivity index (χ3v) is 10.7. The number of fused-ring (bicyclic) bond motifs is 1. The molecule has 7 heteroatoms. The first-order chi connectivity index (χ1) is 13.1. The predicted molar refractivity (Wildman–Crippen MR) is 117 cm³/mol. The molecule has 0 bridgehead atoms. The first-order valence-corrected chi connectivity index (χ1v) is 12.5. The number of hydrogen-bond donors (Lipinski definition) is 3. The largest absolute Gasteiger partial charge is 0.396 e. The summed E-state index contributed by atoms with van der Waals surface area (Å²) in [5.74, 6) is 5.37. The molecular weight excluding hydrogens is 358 g/mol. The van der Waals surface area contributed by atoms with Gasteiger partial charge in [0.15, 0.2) is 0 Å². The van der Waals surface area contributed by atoms with Crippen LogP contribution in [0.4, 0.5) is 5.82 Å². The number of aliphatic hydroxyl groups is 1. The smallest absolute Gasteiger partial charge is 0.142 e. The lowest BCUT2D eigenvalue weighted by Gasteiger charge is -2.39. The highest BCUT2D eigenvalue weighted by atomic mass is 32.2. The number of nitrogens with one attached hydrogen (secondary N) is 1. The molecule has 3 rings (SSSR count). The van der Waals surface area contributed by atoms with Gasteiger partial charge in [0.25, 0.3) is 0 Å². The Bertz CT molecular complexity index is 782. The van der Waals surface area contributed by atoms with Crippen LogP contribution in [-0.2, 0) is 9.82 Å². The Morgan fingerprint density at radius 2 is 2.07 bits per heavy atom. The van der Waals surface area contributed by atoms with Crippen molar-refractivity contribution >= 4 is 26.7 Å². The van der Waals surface area contributed by atoms with Crippen molar-refractivity contribution in [1.29, 1.82) is 0 Å². The van der Waals surface area contributed by atoms with Gasteiger partial charge in [-0.3, -0.25) is 4.36 Å². The lowest BCUT2D eigenvalue weighted by Crippen LogP contribution is -2.38. The molecule has 6 nitrogen and oxygen atoms in total. The molecule has 0 spiro atoms. The molecule has 2 aromatic rings. The van der Waals surface area contributed by atoms with E-state index < -0.39 is 9.82 Å². The molecule has 0 saturated heterocycles. The van der Waals surface area contributed by atoms with E-state index in [-0.39, 0.29) is 0 Å². The highest BCUT2D eigenvalue weighted by molar-refractivity contribution is 8.05. The number of rotatable bonds is 8. The number of aromatic amines is 1. The van der Waals surface area contributed by atoms with Crippen molar-refractivity contribution in [1.82, 2.24) is 15.0 Å². The highest BCUT2D eigenvalue weighted by Gasteiger charge is 2.28. The molecule has 1 aliphatic rings. The molecule has 0 unspecified atom stereocenters. The van der Waals surface area contributed by atoms with E-state index in [9.17, 15) is 5.11 Å². The van der Waals surface area contributed by atoms with Gasteiger partial charge in [0.05, 0.1) is 5.39 Å². The van der Waals surface area contributed by atoms with E-state index in [1.54, 1.807) is 6.33 Å². The Morgan fingerprint density at radius 1 is 1.30 bits per heavy atom. The van der Waals surface area contributed by atoms with Crippen LogP contribution in [0.25, 0.3) is 11.0 Å². The van der Waals surface area contributed by atoms with Crippen LogP contribution >= 0.6 is 0 Å². The first kappa shape index (κ1) is 20.3. The summed E-state index contributed by atoms with van der Waals surface area (Å²) < 4.78 is 4.87. The molecule has 0 radical (unpaired) electrons. The SMILES string of the molecule is CC[SH](CCCO)(C[C@H]1CC[C@H](N(C)c2ncnc3[nH]ccc23)CC1)=NC. The van der Waals surface area contributed by atoms with E-state index in [2.05, 4.69) is 39.9 Å². The molecule has 1 saturated carbocycles. The van der Waals surface area contributed by atoms with Gasteiger partial charge in [0.1, 0.15) is 17.8 Å². The third kappa shape index (κ3) is 4.51. The lowest BCUT2D eigenvalue weighted by molar-refractivity contribution is 0.296. The molecule has 0 atom stereocenters. The van der Waals surface area contributed by atoms with E-state index in [0.29, 0.717) is 12.6 Å². The Hall–Kier alpha value is -1.47. The normalized spacial score (nSPS) is 21.3. The number of anilines is 1. The summed E-state index contributed by atoms with van der Waals surface area (Å²) in [5.41, 5.74) is 0.909. The van der Waals surface area contributed by atoms with Gasteiger partial charge in [-0.05, 0) is 61.3 Å².